The van der Waals surface area contributed by atoms with E-state index in [1.165, 1.54) is 16.6 Å². The predicted octanol–water partition coefficient (Wildman–Crippen LogP) is 4.48. The lowest BCUT2D eigenvalue weighted by Crippen LogP contribution is -2.27. The molecule has 180 valence electrons. The second kappa shape index (κ2) is 9.85. The van der Waals surface area contributed by atoms with Gasteiger partial charge in [0.05, 0.1) is 29.6 Å². The molecule has 1 N–H and O–H groups in total. The fraction of sp³-hybridized carbons (Fsp3) is 0.269. The third-order valence-corrected chi connectivity index (χ3v) is 8.09. The maximum absolute atomic E-state index is 13.9. The van der Waals surface area contributed by atoms with Gasteiger partial charge in [-0.15, -0.1) is 11.3 Å². The molecule has 0 bridgehead atoms. The lowest BCUT2D eigenvalue weighted by Gasteiger charge is -2.21. The van der Waals surface area contributed by atoms with Crippen LogP contribution in [0.1, 0.15) is 16.0 Å². The number of fused-ring (bicyclic) bond motifs is 3. The second-order valence-electron chi connectivity index (χ2n) is 8.58. The number of nitrogens with one attached hydrogen (secondary N) is 1. The summed E-state index contributed by atoms with van der Waals surface area (Å²) in [4.78, 5) is 35.7. The molecule has 0 saturated carbocycles. The van der Waals surface area contributed by atoms with Gasteiger partial charge in [-0.2, -0.15) is 0 Å². The van der Waals surface area contributed by atoms with Crippen LogP contribution >= 0.6 is 23.1 Å². The average molecular weight is 507 g/mol. The van der Waals surface area contributed by atoms with Gasteiger partial charge in [0.15, 0.2) is 5.16 Å². The number of amides is 1. The molecular formula is C26H26N4O3S2. The van der Waals surface area contributed by atoms with E-state index >= 15 is 0 Å². The fourth-order valence-electron chi connectivity index (χ4n) is 4.23. The number of para-hydroxylation sites is 2. The highest BCUT2D eigenvalue weighted by molar-refractivity contribution is 7.99. The number of likely N-dealkylation sites (N-methyl/N-ethyl adjacent to an activating group) is 1. The molecule has 0 unspecified atom stereocenters. The number of carbonyl (C=O) groups excluding carboxylic acids is 1. The standard InChI is InChI=1S/C26H26N4O3S2/c1-16-8-10-17(11-9-16)30-25(32)23-18-12-13-29(2)14-21(18)35-24(23)28-26(30)34-15-22(31)27-19-6-4-5-7-20(19)33-3/h4-11H,12-15H2,1-3H3,(H,27,31). The number of aryl methyl sites for hydroxylation is 1. The summed E-state index contributed by atoms with van der Waals surface area (Å²) in [5, 5.41) is 4.11. The minimum atomic E-state index is -0.198. The number of ether oxygens (including phenoxy) is 1. The third-order valence-electron chi connectivity index (χ3n) is 6.04. The predicted molar refractivity (Wildman–Crippen MR) is 142 cm³/mol. The molecule has 1 aliphatic rings. The van der Waals surface area contributed by atoms with Crippen molar-refractivity contribution in [2.45, 2.75) is 25.0 Å². The average Bonchev–Trinajstić information content (AvgIpc) is 3.21. The summed E-state index contributed by atoms with van der Waals surface area (Å²) in [5.74, 6) is 0.503. The molecule has 4 aromatic rings. The van der Waals surface area contributed by atoms with Gasteiger partial charge in [0.1, 0.15) is 10.6 Å². The van der Waals surface area contributed by atoms with E-state index in [-0.39, 0.29) is 17.2 Å². The van der Waals surface area contributed by atoms with E-state index in [1.54, 1.807) is 35.1 Å². The number of nitrogens with zero attached hydrogens (tertiary/aromatic N) is 3. The summed E-state index contributed by atoms with van der Waals surface area (Å²) >= 11 is 2.84. The SMILES string of the molecule is COc1ccccc1NC(=O)CSc1nc2sc3c(c2c(=O)n1-c1ccc(C)cc1)CCN(C)C3. The summed E-state index contributed by atoms with van der Waals surface area (Å²) in [5.41, 5.74) is 3.50. The smallest absolute Gasteiger partial charge is 0.267 e. The van der Waals surface area contributed by atoms with Gasteiger partial charge in [-0.1, -0.05) is 41.6 Å². The topological polar surface area (TPSA) is 76.5 Å². The van der Waals surface area contributed by atoms with Gasteiger partial charge in [0, 0.05) is 18.0 Å². The molecule has 2 aromatic carbocycles. The van der Waals surface area contributed by atoms with Crippen molar-refractivity contribution in [3.8, 4) is 11.4 Å². The van der Waals surface area contributed by atoms with Crippen LogP contribution in [0.3, 0.4) is 0 Å². The molecule has 0 aliphatic carbocycles. The van der Waals surface area contributed by atoms with Gasteiger partial charge in [-0.25, -0.2) is 4.98 Å². The number of carbonyl (C=O) groups is 1. The Hall–Kier alpha value is -3.14. The molecule has 0 saturated heterocycles. The highest BCUT2D eigenvalue weighted by Gasteiger charge is 2.24. The van der Waals surface area contributed by atoms with Crippen LogP contribution < -0.4 is 15.6 Å². The van der Waals surface area contributed by atoms with Gasteiger partial charge < -0.3 is 15.0 Å². The Balaban J connectivity index is 1.52. The molecule has 0 fully saturated rings. The molecule has 2 aromatic heterocycles. The minimum Gasteiger partial charge on any atom is -0.495 e. The van der Waals surface area contributed by atoms with Crippen molar-refractivity contribution in [1.29, 1.82) is 0 Å². The highest BCUT2D eigenvalue weighted by atomic mass is 32.2. The molecule has 0 atom stereocenters. The molecular weight excluding hydrogens is 480 g/mol. The van der Waals surface area contributed by atoms with E-state index in [4.69, 9.17) is 9.72 Å². The lowest BCUT2D eigenvalue weighted by atomic mass is 10.1. The van der Waals surface area contributed by atoms with Crippen LogP contribution in [0.5, 0.6) is 5.75 Å². The van der Waals surface area contributed by atoms with Gasteiger partial charge in [-0.05, 0) is 50.2 Å². The van der Waals surface area contributed by atoms with Crippen LogP contribution in [-0.4, -0.2) is 46.8 Å². The zero-order valence-corrected chi connectivity index (χ0v) is 21.5. The molecule has 9 heteroatoms. The van der Waals surface area contributed by atoms with Gasteiger partial charge in [0.25, 0.3) is 5.56 Å². The van der Waals surface area contributed by atoms with Crippen LogP contribution in [0.4, 0.5) is 5.69 Å². The molecule has 0 spiro atoms. The quantitative estimate of drug-likeness (QED) is 0.307. The zero-order chi connectivity index (χ0) is 24.5. The molecule has 0 radical (unpaired) electrons. The summed E-state index contributed by atoms with van der Waals surface area (Å²) in [6, 6.07) is 15.1. The Bertz CT molecular complexity index is 1460. The first kappa shape index (κ1) is 23.6. The van der Waals surface area contributed by atoms with Crippen LogP contribution in [-0.2, 0) is 17.8 Å². The van der Waals surface area contributed by atoms with E-state index in [0.29, 0.717) is 22.0 Å². The number of rotatable bonds is 6. The Morgan fingerprint density at radius 3 is 2.74 bits per heavy atom. The molecule has 3 heterocycles. The van der Waals surface area contributed by atoms with Gasteiger partial charge in [-0.3, -0.25) is 14.2 Å². The zero-order valence-electron chi connectivity index (χ0n) is 19.8. The Labute approximate surface area is 211 Å². The summed E-state index contributed by atoms with van der Waals surface area (Å²) in [7, 11) is 3.66. The van der Waals surface area contributed by atoms with E-state index in [9.17, 15) is 9.59 Å². The van der Waals surface area contributed by atoms with Crippen molar-refractivity contribution in [2.75, 3.05) is 31.8 Å². The maximum Gasteiger partial charge on any atom is 0.267 e. The molecule has 7 nitrogen and oxygen atoms in total. The first-order chi connectivity index (χ1) is 16.9. The number of thioether (sulfide) groups is 1. The van der Waals surface area contributed by atoms with Crippen molar-refractivity contribution in [3.05, 3.63) is 74.9 Å². The van der Waals surface area contributed by atoms with Gasteiger partial charge >= 0.3 is 0 Å². The van der Waals surface area contributed by atoms with Crippen LogP contribution in [0.15, 0.2) is 58.5 Å². The molecule has 5 rings (SSSR count). The van der Waals surface area contributed by atoms with Crippen LogP contribution in [0.25, 0.3) is 15.9 Å². The maximum atomic E-state index is 13.9. The van der Waals surface area contributed by atoms with Crippen molar-refractivity contribution in [3.63, 3.8) is 0 Å². The largest absolute Gasteiger partial charge is 0.495 e. The second-order valence-corrected chi connectivity index (χ2v) is 10.6. The molecule has 1 aliphatic heterocycles. The van der Waals surface area contributed by atoms with E-state index < -0.39 is 0 Å². The number of methoxy groups -OCH3 is 1. The van der Waals surface area contributed by atoms with E-state index in [0.717, 1.165) is 41.2 Å². The normalized spacial score (nSPS) is 13.6. The van der Waals surface area contributed by atoms with Crippen LogP contribution in [0.2, 0.25) is 0 Å². The Morgan fingerprint density at radius 1 is 1.20 bits per heavy atom. The molecule has 35 heavy (non-hydrogen) atoms. The van der Waals surface area contributed by atoms with E-state index in [2.05, 4.69) is 17.3 Å². The minimum absolute atomic E-state index is 0.0754. The van der Waals surface area contributed by atoms with Crippen LogP contribution in [0, 0.1) is 6.92 Å². The van der Waals surface area contributed by atoms with Gasteiger partial charge in [0.2, 0.25) is 5.91 Å². The first-order valence-corrected chi connectivity index (χ1v) is 13.1. The van der Waals surface area contributed by atoms with E-state index in [1.807, 2.05) is 43.3 Å². The monoisotopic (exact) mass is 506 g/mol. The number of aromatic nitrogens is 2. The first-order valence-electron chi connectivity index (χ1n) is 11.3. The fourth-order valence-corrected chi connectivity index (χ4v) is 6.39. The Kier molecular flexibility index (Phi) is 6.64. The number of anilines is 1. The third kappa shape index (κ3) is 4.71. The number of hydrogen-bond donors (Lipinski definition) is 1. The number of hydrogen-bond acceptors (Lipinski definition) is 7. The van der Waals surface area contributed by atoms with Crippen molar-refractivity contribution in [1.82, 2.24) is 14.5 Å². The Morgan fingerprint density at radius 2 is 1.97 bits per heavy atom. The lowest BCUT2D eigenvalue weighted by molar-refractivity contribution is -0.113. The molecule has 1 amide bonds. The number of benzene rings is 2. The number of thiophene rings is 1. The summed E-state index contributed by atoms with van der Waals surface area (Å²) in [6.45, 7) is 3.75. The summed E-state index contributed by atoms with van der Waals surface area (Å²) < 4.78 is 6.97. The highest BCUT2D eigenvalue weighted by Crippen LogP contribution is 2.34. The summed E-state index contributed by atoms with van der Waals surface area (Å²) in [6.07, 6.45) is 0.838. The van der Waals surface area contributed by atoms with Crippen molar-refractivity contribution >= 4 is 44.9 Å². The van der Waals surface area contributed by atoms with Crippen molar-refractivity contribution in [2.24, 2.45) is 0 Å². The van der Waals surface area contributed by atoms with Crippen molar-refractivity contribution < 1.29 is 9.53 Å².